The number of para-hydroxylation sites is 2. The molecule has 0 saturated heterocycles. The first kappa shape index (κ1) is 18.9. The number of carbonyl (C=O) groups is 2. The summed E-state index contributed by atoms with van der Waals surface area (Å²) < 4.78 is 1.91. The molecule has 1 aliphatic rings. The number of nitrogens with one attached hydrogen (secondary N) is 1. The Labute approximate surface area is 170 Å². The van der Waals surface area contributed by atoms with Gasteiger partial charge in [-0.25, -0.2) is 4.68 Å². The van der Waals surface area contributed by atoms with Crippen LogP contribution in [0.1, 0.15) is 33.7 Å². The van der Waals surface area contributed by atoms with Gasteiger partial charge in [0.15, 0.2) is 5.69 Å². The zero-order chi connectivity index (χ0) is 20.4. The highest BCUT2D eigenvalue weighted by molar-refractivity contribution is 5.99. The molecule has 1 heterocycles. The number of anilines is 1. The highest BCUT2D eigenvalue weighted by Gasteiger charge is 2.29. The van der Waals surface area contributed by atoms with E-state index < -0.39 is 0 Å². The van der Waals surface area contributed by atoms with Crippen molar-refractivity contribution in [1.29, 1.82) is 0 Å². The minimum atomic E-state index is -0.234. The van der Waals surface area contributed by atoms with Crippen molar-refractivity contribution in [2.45, 2.75) is 26.2 Å². The van der Waals surface area contributed by atoms with Crippen molar-refractivity contribution in [1.82, 2.24) is 14.7 Å². The van der Waals surface area contributed by atoms with Gasteiger partial charge in [0.25, 0.3) is 5.91 Å². The number of likely N-dealkylation sites (N-methyl/N-ethyl adjacent to an activating group) is 1. The smallest absolute Gasteiger partial charge is 0.274 e. The molecule has 2 amide bonds. The average molecular weight is 388 g/mol. The lowest BCUT2D eigenvalue weighted by Gasteiger charge is -2.16. The SMILES string of the molecule is Cc1ccccc1-n1nc(C(=O)N(C)CC(=O)Nc2ccccc2)c2c1CCC2. The molecule has 0 saturated carbocycles. The highest BCUT2D eigenvalue weighted by atomic mass is 16.2. The van der Waals surface area contributed by atoms with Gasteiger partial charge in [0.1, 0.15) is 0 Å². The van der Waals surface area contributed by atoms with Crippen LogP contribution in [-0.2, 0) is 17.6 Å². The molecule has 0 bridgehead atoms. The number of aryl methyl sites for hydroxylation is 1. The molecule has 148 valence electrons. The first-order valence-corrected chi connectivity index (χ1v) is 9.81. The summed E-state index contributed by atoms with van der Waals surface area (Å²) in [4.78, 5) is 26.9. The molecule has 0 fully saturated rings. The summed E-state index contributed by atoms with van der Waals surface area (Å²) in [6, 6.07) is 17.3. The molecule has 4 rings (SSSR count). The van der Waals surface area contributed by atoms with E-state index in [1.165, 1.54) is 4.90 Å². The van der Waals surface area contributed by atoms with Gasteiger partial charge in [-0.3, -0.25) is 9.59 Å². The van der Waals surface area contributed by atoms with Crippen molar-refractivity contribution in [2.75, 3.05) is 18.9 Å². The number of aromatic nitrogens is 2. The maximum atomic E-state index is 13.1. The predicted molar refractivity (Wildman–Crippen MR) is 112 cm³/mol. The van der Waals surface area contributed by atoms with E-state index in [1.807, 2.05) is 66.2 Å². The van der Waals surface area contributed by atoms with Gasteiger partial charge in [-0.15, -0.1) is 0 Å². The first-order valence-electron chi connectivity index (χ1n) is 9.81. The van der Waals surface area contributed by atoms with Gasteiger partial charge in [-0.2, -0.15) is 5.10 Å². The second-order valence-electron chi connectivity index (χ2n) is 7.40. The Hall–Kier alpha value is -3.41. The van der Waals surface area contributed by atoms with Crippen molar-refractivity contribution >= 4 is 17.5 Å². The Bertz CT molecular complexity index is 1060. The number of rotatable bonds is 5. The Morgan fingerprint density at radius 3 is 2.55 bits per heavy atom. The standard InChI is InChI=1S/C23H24N4O2/c1-16-9-6-7-13-19(16)27-20-14-8-12-18(20)22(25-27)23(29)26(2)15-21(28)24-17-10-4-3-5-11-17/h3-7,9-11,13H,8,12,14-15H2,1-2H3,(H,24,28). The normalized spacial score (nSPS) is 12.5. The van der Waals surface area contributed by atoms with Crippen LogP contribution in [0.4, 0.5) is 5.69 Å². The summed E-state index contributed by atoms with van der Waals surface area (Å²) in [7, 11) is 1.64. The molecular weight excluding hydrogens is 364 g/mol. The van der Waals surface area contributed by atoms with Crippen molar-refractivity contribution in [3.63, 3.8) is 0 Å². The van der Waals surface area contributed by atoms with Crippen LogP contribution in [0.25, 0.3) is 5.69 Å². The predicted octanol–water partition coefficient (Wildman–Crippen LogP) is 3.38. The van der Waals surface area contributed by atoms with Gasteiger partial charge in [0.2, 0.25) is 5.91 Å². The van der Waals surface area contributed by atoms with E-state index in [0.29, 0.717) is 11.4 Å². The van der Waals surface area contributed by atoms with Gasteiger partial charge in [0.05, 0.1) is 12.2 Å². The highest BCUT2D eigenvalue weighted by Crippen LogP contribution is 2.29. The second-order valence-corrected chi connectivity index (χ2v) is 7.40. The molecule has 0 atom stereocenters. The zero-order valence-electron chi connectivity index (χ0n) is 16.7. The van der Waals surface area contributed by atoms with Crippen LogP contribution >= 0.6 is 0 Å². The minimum absolute atomic E-state index is 0.0280. The van der Waals surface area contributed by atoms with Crippen LogP contribution in [-0.4, -0.2) is 40.1 Å². The zero-order valence-corrected chi connectivity index (χ0v) is 16.7. The summed E-state index contributed by atoms with van der Waals surface area (Å²) in [5, 5.41) is 7.48. The Morgan fingerprint density at radius 2 is 1.79 bits per heavy atom. The maximum absolute atomic E-state index is 13.1. The Kier molecular flexibility index (Phi) is 5.16. The van der Waals surface area contributed by atoms with Crippen molar-refractivity contribution in [3.8, 4) is 5.69 Å². The third-order valence-corrected chi connectivity index (χ3v) is 5.26. The fourth-order valence-corrected chi connectivity index (χ4v) is 3.80. The van der Waals surface area contributed by atoms with E-state index >= 15 is 0 Å². The molecule has 0 spiro atoms. The fourth-order valence-electron chi connectivity index (χ4n) is 3.80. The summed E-state index contributed by atoms with van der Waals surface area (Å²) >= 11 is 0. The molecule has 0 unspecified atom stereocenters. The number of hydrogen-bond acceptors (Lipinski definition) is 3. The number of carbonyl (C=O) groups excluding carboxylic acids is 2. The van der Waals surface area contributed by atoms with E-state index in [1.54, 1.807) is 7.05 Å². The van der Waals surface area contributed by atoms with E-state index in [-0.39, 0.29) is 18.4 Å². The number of amides is 2. The lowest BCUT2D eigenvalue weighted by Crippen LogP contribution is -2.35. The van der Waals surface area contributed by atoms with Crippen LogP contribution in [0.2, 0.25) is 0 Å². The third kappa shape index (κ3) is 3.78. The van der Waals surface area contributed by atoms with E-state index in [4.69, 9.17) is 0 Å². The van der Waals surface area contributed by atoms with Crippen LogP contribution in [0, 0.1) is 6.92 Å². The lowest BCUT2D eigenvalue weighted by molar-refractivity contribution is -0.116. The lowest BCUT2D eigenvalue weighted by atomic mass is 10.1. The Balaban J connectivity index is 1.55. The molecule has 3 aromatic rings. The topological polar surface area (TPSA) is 67.2 Å². The average Bonchev–Trinajstić information content (AvgIpc) is 3.31. The molecule has 0 radical (unpaired) electrons. The quantitative estimate of drug-likeness (QED) is 0.729. The van der Waals surface area contributed by atoms with Gasteiger partial charge < -0.3 is 10.2 Å². The van der Waals surface area contributed by atoms with Crippen molar-refractivity contribution in [3.05, 3.63) is 77.1 Å². The van der Waals surface area contributed by atoms with E-state index in [0.717, 1.165) is 41.8 Å². The third-order valence-electron chi connectivity index (χ3n) is 5.26. The van der Waals surface area contributed by atoms with Crippen LogP contribution in [0.15, 0.2) is 54.6 Å². The summed E-state index contributed by atoms with van der Waals surface area (Å²) in [6.07, 6.45) is 2.76. The largest absolute Gasteiger partial charge is 0.331 e. The molecule has 1 aromatic heterocycles. The minimum Gasteiger partial charge on any atom is -0.331 e. The number of fused-ring (bicyclic) bond motifs is 1. The molecule has 1 N–H and O–H groups in total. The number of benzene rings is 2. The summed E-state index contributed by atoms with van der Waals surface area (Å²) in [5.74, 6) is -0.458. The molecule has 0 aliphatic heterocycles. The van der Waals surface area contributed by atoms with E-state index in [9.17, 15) is 9.59 Å². The Morgan fingerprint density at radius 1 is 1.07 bits per heavy atom. The second kappa shape index (κ2) is 7.91. The summed E-state index contributed by atoms with van der Waals surface area (Å²) in [5.41, 5.74) is 5.38. The van der Waals surface area contributed by atoms with E-state index in [2.05, 4.69) is 10.4 Å². The molecule has 1 aliphatic carbocycles. The number of nitrogens with zero attached hydrogens (tertiary/aromatic N) is 3. The fraction of sp³-hybridized carbons (Fsp3) is 0.261. The molecule has 6 nitrogen and oxygen atoms in total. The van der Waals surface area contributed by atoms with Gasteiger partial charge in [-0.1, -0.05) is 36.4 Å². The molecule has 29 heavy (non-hydrogen) atoms. The monoisotopic (exact) mass is 388 g/mol. The van der Waals surface area contributed by atoms with Crippen LogP contribution < -0.4 is 5.32 Å². The van der Waals surface area contributed by atoms with Gasteiger partial charge in [0, 0.05) is 24.0 Å². The van der Waals surface area contributed by atoms with Crippen LogP contribution in [0.3, 0.4) is 0 Å². The van der Waals surface area contributed by atoms with Crippen molar-refractivity contribution < 1.29 is 9.59 Å². The summed E-state index contributed by atoms with van der Waals surface area (Å²) in [6.45, 7) is 2.01. The van der Waals surface area contributed by atoms with Gasteiger partial charge in [-0.05, 0) is 49.9 Å². The maximum Gasteiger partial charge on any atom is 0.274 e. The van der Waals surface area contributed by atoms with Crippen molar-refractivity contribution in [2.24, 2.45) is 0 Å². The first-order chi connectivity index (χ1) is 14.0. The molecule has 2 aromatic carbocycles. The van der Waals surface area contributed by atoms with Crippen LogP contribution in [0.5, 0.6) is 0 Å². The number of hydrogen-bond donors (Lipinski definition) is 1. The van der Waals surface area contributed by atoms with Gasteiger partial charge >= 0.3 is 0 Å². The molecular formula is C23H24N4O2. The molecule has 6 heteroatoms.